The van der Waals surface area contributed by atoms with E-state index in [4.69, 9.17) is 9.97 Å². The number of aromatic nitrogens is 3. The number of para-hydroxylation sites is 2. The van der Waals surface area contributed by atoms with Crippen molar-refractivity contribution in [2.75, 3.05) is 0 Å². The van der Waals surface area contributed by atoms with Gasteiger partial charge in [0.05, 0.1) is 22.2 Å². The molecule has 0 spiro atoms. The monoisotopic (exact) mass is 725 g/mol. The van der Waals surface area contributed by atoms with E-state index >= 15 is 0 Å². The Morgan fingerprint density at radius 3 is 1.67 bits per heavy atom. The van der Waals surface area contributed by atoms with Gasteiger partial charge in [-0.1, -0.05) is 164 Å². The summed E-state index contributed by atoms with van der Waals surface area (Å²) < 4.78 is 2.41. The molecule has 2 heterocycles. The Kier molecular flexibility index (Phi) is 7.82. The third-order valence-electron chi connectivity index (χ3n) is 11.2. The predicted molar refractivity (Wildman–Crippen MR) is 239 cm³/mol. The standard InChI is InChI=1S/C54H35N3/c1-4-16-36(17-5-1)43-33-30-38-20-10-11-23-42(38)52(43)48-34-47-44-24-13-15-27-50(44)57(51(47)35-46(48)37-18-6-2-7-19-37)41-31-28-40(29-32-41)54-55-49-26-14-12-25-45(49)53(56-54)39-21-8-3-9-22-39/h1-35H. The zero-order valence-corrected chi connectivity index (χ0v) is 31.0. The first-order chi connectivity index (χ1) is 28.3. The zero-order chi connectivity index (χ0) is 37.7. The van der Waals surface area contributed by atoms with E-state index in [1.807, 2.05) is 12.1 Å². The lowest BCUT2D eigenvalue weighted by Crippen LogP contribution is -1.97. The van der Waals surface area contributed by atoms with Gasteiger partial charge in [0.2, 0.25) is 0 Å². The van der Waals surface area contributed by atoms with Crippen LogP contribution in [0.3, 0.4) is 0 Å². The maximum absolute atomic E-state index is 5.15. The first-order valence-corrected chi connectivity index (χ1v) is 19.4. The van der Waals surface area contributed by atoms with Crippen LogP contribution in [0.4, 0.5) is 0 Å². The van der Waals surface area contributed by atoms with Gasteiger partial charge in [0, 0.05) is 33.0 Å². The van der Waals surface area contributed by atoms with Crippen molar-refractivity contribution in [2.45, 2.75) is 0 Å². The highest BCUT2D eigenvalue weighted by Crippen LogP contribution is 2.46. The molecule has 57 heavy (non-hydrogen) atoms. The summed E-state index contributed by atoms with van der Waals surface area (Å²) in [6, 6.07) is 75.9. The Labute approximate surface area is 330 Å². The first-order valence-electron chi connectivity index (χ1n) is 19.4. The van der Waals surface area contributed by atoms with Gasteiger partial charge in [-0.25, -0.2) is 9.97 Å². The van der Waals surface area contributed by atoms with Crippen molar-refractivity contribution in [1.29, 1.82) is 0 Å². The third-order valence-corrected chi connectivity index (χ3v) is 11.2. The predicted octanol–water partition coefficient (Wildman–Crippen LogP) is 14.2. The van der Waals surface area contributed by atoms with Gasteiger partial charge >= 0.3 is 0 Å². The number of fused-ring (bicyclic) bond motifs is 5. The van der Waals surface area contributed by atoms with Crippen molar-refractivity contribution in [2.24, 2.45) is 0 Å². The Morgan fingerprint density at radius 1 is 0.333 bits per heavy atom. The highest BCUT2D eigenvalue weighted by Gasteiger charge is 2.21. The van der Waals surface area contributed by atoms with Crippen LogP contribution in [-0.4, -0.2) is 14.5 Å². The van der Waals surface area contributed by atoms with Crippen LogP contribution in [0.25, 0.3) is 105 Å². The summed E-state index contributed by atoms with van der Waals surface area (Å²) in [7, 11) is 0. The smallest absolute Gasteiger partial charge is 0.160 e. The fraction of sp³-hybridized carbons (Fsp3) is 0. The molecule has 0 saturated heterocycles. The minimum atomic E-state index is 0.710. The van der Waals surface area contributed by atoms with Crippen LogP contribution >= 0.6 is 0 Å². The molecule has 0 saturated carbocycles. The van der Waals surface area contributed by atoms with Crippen LogP contribution in [0.5, 0.6) is 0 Å². The van der Waals surface area contributed by atoms with Gasteiger partial charge in [0.15, 0.2) is 5.82 Å². The Bertz CT molecular complexity index is 3260. The highest BCUT2D eigenvalue weighted by atomic mass is 15.0. The number of benzene rings is 9. The van der Waals surface area contributed by atoms with Crippen LogP contribution in [0.1, 0.15) is 0 Å². The van der Waals surface area contributed by atoms with Crippen molar-refractivity contribution in [3.05, 3.63) is 212 Å². The summed E-state index contributed by atoms with van der Waals surface area (Å²) in [5.41, 5.74) is 14.5. The summed E-state index contributed by atoms with van der Waals surface area (Å²) >= 11 is 0. The Hall–Kier alpha value is -7.62. The molecule has 0 aliphatic heterocycles. The van der Waals surface area contributed by atoms with Gasteiger partial charge in [-0.15, -0.1) is 0 Å². The highest BCUT2D eigenvalue weighted by molar-refractivity contribution is 6.15. The number of nitrogens with zero attached hydrogens (tertiary/aromatic N) is 3. The van der Waals surface area contributed by atoms with E-state index in [1.54, 1.807) is 0 Å². The van der Waals surface area contributed by atoms with Crippen LogP contribution < -0.4 is 0 Å². The summed E-state index contributed by atoms with van der Waals surface area (Å²) in [4.78, 5) is 10.2. The number of hydrogen-bond acceptors (Lipinski definition) is 2. The second-order valence-corrected chi connectivity index (χ2v) is 14.5. The molecule has 0 atom stereocenters. The lowest BCUT2D eigenvalue weighted by molar-refractivity contribution is 1.17. The minimum Gasteiger partial charge on any atom is -0.309 e. The summed E-state index contributed by atoms with van der Waals surface area (Å²) in [5, 5.41) is 5.93. The third kappa shape index (κ3) is 5.60. The van der Waals surface area contributed by atoms with Gasteiger partial charge < -0.3 is 4.57 Å². The van der Waals surface area contributed by atoms with Crippen LogP contribution in [-0.2, 0) is 0 Å². The second kappa shape index (κ2) is 13.6. The maximum atomic E-state index is 5.15. The Balaban J connectivity index is 1.14. The normalized spacial score (nSPS) is 11.5. The van der Waals surface area contributed by atoms with Gasteiger partial charge in [-0.2, -0.15) is 0 Å². The summed E-state index contributed by atoms with van der Waals surface area (Å²) in [6.07, 6.45) is 0. The van der Waals surface area contributed by atoms with Gasteiger partial charge in [-0.05, 0) is 92.7 Å². The van der Waals surface area contributed by atoms with Gasteiger partial charge in [0.1, 0.15) is 0 Å². The molecule has 3 heteroatoms. The molecule has 11 aromatic rings. The second-order valence-electron chi connectivity index (χ2n) is 14.5. The van der Waals surface area contributed by atoms with Gasteiger partial charge in [0.25, 0.3) is 0 Å². The largest absolute Gasteiger partial charge is 0.309 e. The molecule has 0 bridgehead atoms. The molecule has 0 aliphatic carbocycles. The fourth-order valence-corrected chi connectivity index (χ4v) is 8.56. The zero-order valence-electron chi connectivity index (χ0n) is 31.0. The summed E-state index contributed by atoms with van der Waals surface area (Å²) in [6.45, 7) is 0. The average molecular weight is 726 g/mol. The molecule has 0 unspecified atom stereocenters. The Morgan fingerprint density at radius 2 is 0.930 bits per heavy atom. The number of hydrogen-bond donors (Lipinski definition) is 0. The molecule has 266 valence electrons. The van der Waals surface area contributed by atoms with Crippen LogP contribution in [0.15, 0.2) is 212 Å². The molecule has 0 fully saturated rings. The number of rotatable bonds is 6. The lowest BCUT2D eigenvalue weighted by Gasteiger charge is -2.19. The van der Waals surface area contributed by atoms with E-state index in [0.717, 1.165) is 44.4 Å². The van der Waals surface area contributed by atoms with Crippen LogP contribution in [0.2, 0.25) is 0 Å². The topological polar surface area (TPSA) is 30.7 Å². The average Bonchev–Trinajstić information content (AvgIpc) is 3.62. The van der Waals surface area contributed by atoms with E-state index in [0.29, 0.717) is 5.82 Å². The molecule has 0 aliphatic rings. The van der Waals surface area contributed by atoms with E-state index in [2.05, 4.69) is 205 Å². The summed E-state index contributed by atoms with van der Waals surface area (Å²) in [5.74, 6) is 0.710. The first kappa shape index (κ1) is 32.8. The van der Waals surface area contributed by atoms with Crippen molar-refractivity contribution < 1.29 is 0 Å². The van der Waals surface area contributed by atoms with Crippen LogP contribution in [0, 0.1) is 0 Å². The maximum Gasteiger partial charge on any atom is 0.160 e. The molecular weight excluding hydrogens is 691 g/mol. The lowest BCUT2D eigenvalue weighted by atomic mass is 9.85. The van der Waals surface area contributed by atoms with E-state index in [-0.39, 0.29) is 0 Å². The molecule has 9 aromatic carbocycles. The molecule has 11 rings (SSSR count). The fourth-order valence-electron chi connectivity index (χ4n) is 8.56. The quantitative estimate of drug-likeness (QED) is 0.171. The van der Waals surface area contributed by atoms with E-state index < -0.39 is 0 Å². The van der Waals surface area contributed by atoms with Crippen molar-refractivity contribution in [3.8, 4) is 61.7 Å². The SMILES string of the molecule is c1ccc(-c2cc3c(cc2-c2c(-c4ccccc4)ccc4ccccc24)c2ccccc2n3-c2ccc(-c3nc(-c4ccccc4)c4ccccc4n3)cc2)cc1. The molecule has 0 N–H and O–H groups in total. The van der Waals surface area contributed by atoms with E-state index in [9.17, 15) is 0 Å². The van der Waals surface area contributed by atoms with E-state index in [1.165, 1.54) is 54.9 Å². The van der Waals surface area contributed by atoms with Gasteiger partial charge in [-0.3, -0.25) is 0 Å². The van der Waals surface area contributed by atoms with Crippen molar-refractivity contribution in [1.82, 2.24) is 14.5 Å². The molecule has 2 aromatic heterocycles. The molecule has 0 amide bonds. The molecule has 0 radical (unpaired) electrons. The van der Waals surface area contributed by atoms with Crippen molar-refractivity contribution >= 4 is 43.5 Å². The van der Waals surface area contributed by atoms with Crippen molar-refractivity contribution in [3.63, 3.8) is 0 Å². The molecular formula is C54H35N3. The minimum absolute atomic E-state index is 0.710. The molecule has 3 nitrogen and oxygen atoms in total.